The first-order valence-corrected chi connectivity index (χ1v) is 5.01. The van der Waals surface area contributed by atoms with E-state index in [1.807, 2.05) is 0 Å². The van der Waals surface area contributed by atoms with Gasteiger partial charge < -0.3 is 14.7 Å². The summed E-state index contributed by atoms with van der Waals surface area (Å²) in [4.78, 5) is 13.9. The van der Waals surface area contributed by atoms with Gasteiger partial charge in [0.2, 0.25) is 0 Å². The van der Waals surface area contributed by atoms with E-state index in [0.717, 1.165) is 24.8 Å². The summed E-state index contributed by atoms with van der Waals surface area (Å²) < 4.78 is 5.06. The zero-order chi connectivity index (χ0) is 11.1. The Morgan fingerprint density at radius 2 is 2.07 bits per heavy atom. The van der Waals surface area contributed by atoms with Crippen molar-refractivity contribution in [2.45, 2.75) is 32.1 Å². The molecule has 0 heterocycles. The lowest BCUT2D eigenvalue weighted by atomic mass is 9.93. The topological polar surface area (TPSA) is 81.8 Å². The van der Waals surface area contributed by atoms with Crippen LogP contribution in [0.3, 0.4) is 0 Å². The van der Waals surface area contributed by atoms with E-state index in [-0.39, 0.29) is 12.6 Å². The molecule has 1 rings (SSSR count). The van der Waals surface area contributed by atoms with Gasteiger partial charge in [0.15, 0.2) is 0 Å². The lowest BCUT2D eigenvalue weighted by molar-refractivity contribution is -0.757. The zero-order valence-corrected chi connectivity index (χ0v) is 8.48. The van der Waals surface area contributed by atoms with Crippen LogP contribution in [0.4, 0.5) is 0 Å². The first-order valence-electron chi connectivity index (χ1n) is 5.01. The van der Waals surface area contributed by atoms with Gasteiger partial charge in [-0.2, -0.15) is 0 Å². The summed E-state index contributed by atoms with van der Waals surface area (Å²) >= 11 is 0. The molecule has 6 nitrogen and oxygen atoms in total. The smallest absolute Gasteiger partial charge is 0.294 e. The van der Waals surface area contributed by atoms with Crippen molar-refractivity contribution in [3.05, 3.63) is 21.6 Å². The van der Waals surface area contributed by atoms with Gasteiger partial charge in [-0.05, 0) is 32.1 Å². The highest BCUT2D eigenvalue weighted by atomic mass is 16.9. The first kappa shape index (κ1) is 11.6. The highest BCUT2D eigenvalue weighted by Gasteiger charge is 2.14. The van der Waals surface area contributed by atoms with Crippen LogP contribution in [-0.2, 0) is 9.57 Å². The number of allylic oxidation sites excluding steroid dienone is 1. The van der Waals surface area contributed by atoms with Crippen LogP contribution in [0, 0.1) is 10.1 Å². The summed E-state index contributed by atoms with van der Waals surface area (Å²) in [7, 11) is 0. The van der Waals surface area contributed by atoms with Crippen LogP contribution >= 0.6 is 0 Å². The Morgan fingerprint density at radius 1 is 1.40 bits per heavy atom. The second-order valence-electron chi connectivity index (χ2n) is 3.37. The molecule has 0 bridgehead atoms. The first-order chi connectivity index (χ1) is 7.20. The third-order valence-corrected chi connectivity index (χ3v) is 2.23. The Morgan fingerprint density at radius 3 is 2.60 bits per heavy atom. The monoisotopic (exact) mass is 217 g/mol. The second kappa shape index (κ2) is 6.10. The molecule has 1 aliphatic rings. The van der Waals surface area contributed by atoms with Crippen molar-refractivity contribution in [3.63, 3.8) is 0 Å². The number of ether oxygens (including phenoxy) is 1. The van der Waals surface area contributed by atoms with Crippen molar-refractivity contribution < 1.29 is 19.8 Å². The summed E-state index contributed by atoms with van der Waals surface area (Å²) in [5.41, 5.74) is 0.969. The molecule has 0 amide bonds. The molecule has 1 saturated carbocycles. The molecule has 6 heteroatoms. The number of hydrogen-bond donors (Lipinski definition) is 1. The molecule has 0 unspecified atom stereocenters. The van der Waals surface area contributed by atoms with Gasteiger partial charge in [-0.25, -0.2) is 0 Å². The molecule has 0 saturated heterocycles. The van der Waals surface area contributed by atoms with E-state index in [4.69, 9.17) is 4.74 Å². The molecule has 1 N–H and O–H groups in total. The second-order valence-corrected chi connectivity index (χ2v) is 3.37. The Labute approximate surface area is 87.6 Å². The molecule has 0 radical (unpaired) electrons. The third-order valence-electron chi connectivity index (χ3n) is 2.23. The molecule has 1 aliphatic carbocycles. The zero-order valence-electron chi connectivity index (χ0n) is 8.48. The maximum Gasteiger partial charge on any atom is 0.294 e. The summed E-state index contributed by atoms with van der Waals surface area (Å²) in [5, 5.41) is 18.3. The van der Waals surface area contributed by atoms with E-state index in [1.165, 1.54) is 0 Å². The Balaban J connectivity index is 1.95. The number of aliphatic hydroxyl groups excluding tert-OH is 1. The van der Waals surface area contributed by atoms with Gasteiger partial charge in [-0.15, -0.1) is 10.1 Å². The Hall–Kier alpha value is -1.46. The van der Waals surface area contributed by atoms with Gasteiger partial charge >= 0.3 is 0 Å². The van der Waals surface area contributed by atoms with Gasteiger partial charge in [-0.1, -0.05) is 0 Å². The molecule has 15 heavy (non-hydrogen) atoms. The van der Waals surface area contributed by atoms with Crippen molar-refractivity contribution in [1.29, 1.82) is 0 Å². The van der Waals surface area contributed by atoms with Crippen molar-refractivity contribution >= 4 is 0 Å². The molecule has 0 aromatic heterocycles. The van der Waals surface area contributed by atoms with Crippen molar-refractivity contribution in [2.75, 3.05) is 13.2 Å². The SMILES string of the molecule is O=[N+]([O-])OCCCCOC(O)=C1CCC1. The third kappa shape index (κ3) is 4.53. The van der Waals surface area contributed by atoms with Crippen molar-refractivity contribution in [1.82, 2.24) is 0 Å². The predicted octanol–water partition coefficient (Wildman–Crippen LogP) is 1.94. The van der Waals surface area contributed by atoms with Gasteiger partial charge in [0.1, 0.15) is 0 Å². The number of hydrogen-bond acceptors (Lipinski definition) is 5. The normalized spacial score (nSPS) is 14.3. The van der Waals surface area contributed by atoms with Gasteiger partial charge in [0, 0.05) is 5.57 Å². The average molecular weight is 217 g/mol. The maximum atomic E-state index is 9.78. The van der Waals surface area contributed by atoms with E-state index in [0.29, 0.717) is 19.4 Å². The average Bonchev–Trinajstić information content (AvgIpc) is 2.07. The van der Waals surface area contributed by atoms with Crippen molar-refractivity contribution in [3.8, 4) is 0 Å². The standard InChI is InChI=1S/C9H15NO5/c11-9(8-4-3-5-8)14-6-1-2-7-15-10(12)13/h11H,1-7H2. The van der Waals surface area contributed by atoms with E-state index in [9.17, 15) is 15.2 Å². The van der Waals surface area contributed by atoms with Crippen LogP contribution < -0.4 is 0 Å². The van der Waals surface area contributed by atoms with Crippen LogP contribution in [0.1, 0.15) is 32.1 Å². The van der Waals surface area contributed by atoms with Crippen LogP contribution in [-0.4, -0.2) is 23.4 Å². The quantitative estimate of drug-likeness (QED) is 0.305. The molecule has 0 aromatic carbocycles. The molecule has 1 fully saturated rings. The van der Waals surface area contributed by atoms with E-state index in [1.54, 1.807) is 0 Å². The summed E-state index contributed by atoms with van der Waals surface area (Å²) in [5.74, 6) is 0.0384. The fraction of sp³-hybridized carbons (Fsp3) is 0.778. The Kier molecular flexibility index (Phi) is 4.73. The van der Waals surface area contributed by atoms with E-state index >= 15 is 0 Å². The van der Waals surface area contributed by atoms with Gasteiger partial charge in [0.25, 0.3) is 11.0 Å². The van der Waals surface area contributed by atoms with Crippen LogP contribution in [0.25, 0.3) is 0 Å². The minimum Gasteiger partial charge on any atom is -0.481 e. The summed E-state index contributed by atoms with van der Waals surface area (Å²) in [6.07, 6.45) is 4.11. The number of rotatable bonds is 7. The fourth-order valence-electron chi connectivity index (χ4n) is 1.18. The van der Waals surface area contributed by atoms with Gasteiger partial charge in [-0.3, -0.25) is 0 Å². The minimum absolute atomic E-state index is 0.0384. The number of nitrogens with zero attached hydrogens (tertiary/aromatic N) is 1. The maximum absolute atomic E-state index is 9.78. The molecular weight excluding hydrogens is 202 g/mol. The number of unbranched alkanes of at least 4 members (excludes halogenated alkanes) is 1. The lowest BCUT2D eigenvalue weighted by Gasteiger charge is -2.17. The van der Waals surface area contributed by atoms with E-state index in [2.05, 4.69) is 4.84 Å². The van der Waals surface area contributed by atoms with Crippen LogP contribution in [0.5, 0.6) is 0 Å². The molecule has 0 atom stereocenters. The van der Waals surface area contributed by atoms with Crippen LogP contribution in [0.2, 0.25) is 0 Å². The highest BCUT2D eigenvalue weighted by molar-refractivity contribution is 5.09. The number of aliphatic hydroxyl groups is 1. The van der Waals surface area contributed by atoms with Gasteiger partial charge in [0.05, 0.1) is 13.2 Å². The lowest BCUT2D eigenvalue weighted by Crippen LogP contribution is -2.07. The summed E-state index contributed by atoms with van der Waals surface area (Å²) in [6.45, 7) is 0.449. The molecule has 0 spiro atoms. The summed E-state index contributed by atoms with van der Waals surface area (Å²) in [6, 6.07) is 0. The predicted molar refractivity (Wildman–Crippen MR) is 51.6 cm³/mol. The van der Waals surface area contributed by atoms with Crippen molar-refractivity contribution in [2.24, 2.45) is 0 Å². The fourth-order valence-corrected chi connectivity index (χ4v) is 1.18. The van der Waals surface area contributed by atoms with E-state index < -0.39 is 5.09 Å². The Bertz CT molecular complexity index is 245. The molecule has 0 aromatic rings. The highest BCUT2D eigenvalue weighted by Crippen LogP contribution is 2.27. The molecule has 86 valence electrons. The largest absolute Gasteiger partial charge is 0.481 e. The minimum atomic E-state index is -0.811. The molecule has 0 aliphatic heterocycles. The van der Waals surface area contributed by atoms with Crippen LogP contribution in [0.15, 0.2) is 11.5 Å². The molecular formula is C9H15NO5.